The fourth-order valence-corrected chi connectivity index (χ4v) is 5.21. The second-order valence-electron chi connectivity index (χ2n) is 7.35. The Kier molecular flexibility index (Phi) is 4.35. The Morgan fingerprint density at radius 3 is 2.80 bits per heavy atom. The van der Waals surface area contributed by atoms with Crippen LogP contribution in [0.25, 0.3) is 0 Å². The van der Waals surface area contributed by atoms with Gasteiger partial charge < -0.3 is 5.11 Å². The van der Waals surface area contributed by atoms with Gasteiger partial charge in [0, 0.05) is 23.5 Å². The third-order valence-electron chi connectivity index (χ3n) is 6.34. The highest BCUT2D eigenvalue weighted by Crippen LogP contribution is 2.53. The van der Waals surface area contributed by atoms with Crippen molar-refractivity contribution in [2.45, 2.75) is 31.2 Å². The van der Waals surface area contributed by atoms with Gasteiger partial charge in [-0.2, -0.15) is 0 Å². The summed E-state index contributed by atoms with van der Waals surface area (Å²) in [5, 5.41) is 10.2. The first kappa shape index (κ1) is 16.7. The fraction of sp³-hybridized carbons (Fsp3) is 0.364. The predicted molar refractivity (Wildman–Crippen MR) is 103 cm³/mol. The van der Waals surface area contributed by atoms with Crippen LogP contribution in [0.5, 0.6) is 5.75 Å². The van der Waals surface area contributed by atoms with Gasteiger partial charge >= 0.3 is 0 Å². The molecule has 1 fully saturated rings. The molecule has 3 heteroatoms. The molecule has 0 saturated carbocycles. The molecule has 1 aliphatic carbocycles. The average Bonchev–Trinajstić information content (AvgIpc) is 2.63. The standard InChI is InChI=1S/C22H24ClNO/c1-16-21-14-17-8-9-19(25)15-20(17)22(16,18-6-3-2-4-7-18)10-13-24(21)12-5-11-23/h2-9,11,15-16,21,25H,10,12-14H2,1H3/b11-5+. The van der Waals surface area contributed by atoms with Crippen molar-refractivity contribution in [3.63, 3.8) is 0 Å². The maximum absolute atomic E-state index is 10.2. The molecule has 1 heterocycles. The lowest BCUT2D eigenvalue weighted by Gasteiger charge is -2.56. The Hall–Kier alpha value is -1.77. The topological polar surface area (TPSA) is 23.5 Å². The van der Waals surface area contributed by atoms with Gasteiger partial charge in [-0.25, -0.2) is 0 Å². The van der Waals surface area contributed by atoms with Crippen molar-refractivity contribution >= 4 is 11.6 Å². The Labute approximate surface area is 154 Å². The van der Waals surface area contributed by atoms with E-state index in [-0.39, 0.29) is 5.41 Å². The summed E-state index contributed by atoms with van der Waals surface area (Å²) < 4.78 is 0. The van der Waals surface area contributed by atoms with E-state index in [1.54, 1.807) is 5.54 Å². The lowest BCUT2D eigenvalue weighted by molar-refractivity contribution is 0.0499. The van der Waals surface area contributed by atoms with Crippen LogP contribution in [0.15, 0.2) is 60.1 Å². The zero-order chi connectivity index (χ0) is 17.4. The molecule has 3 atom stereocenters. The van der Waals surface area contributed by atoms with Crippen molar-refractivity contribution in [3.8, 4) is 5.75 Å². The van der Waals surface area contributed by atoms with Crippen molar-refractivity contribution in [3.05, 3.63) is 76.8 Å². The minimum atomic E-state index is -0.0283. The summed E-state index contributed by atoms with van der Waals surface area (Å²) in [5.74, 6) is 0.842. The first-order chi connectivity index (χ1) is 12.2. The molecule has 1 saturated heterocycles. The molecule has 3 unspecified atom stereocenters. The van der Waals surface area contributed by atoms with Gasteiger partial charge in [0.2, 0.25) is 0 Å². The van der Waals surface area contributed by atoms with E-state index in [9.17, 15) is 5.11 Å². The third-order valence-corrected chi connectivity index (χ3v) is 6.52. The number of phenols is 1. The summed E-state index contributed by atoms with van der Waals surface area (Å²) in [4.78, 5) is 2.56. The molecule has 4 rings (SSSR count). The molecule has 0 aromatic heterocycles. The van der Waals surface area contributed by atoms with E-state index < -0.39 is 0 Å². The van der Waals surface area contributed by atoms with E-state index in [1.807, 2.05) is 18.2 Å². The maximum Gasteiger partial charge on any atom is 0.115 e. The predicted octanol–water partition coefficient (Wildman–Crippen LogP) is 4.70. The van der Waals surface area contributed by atoms with E-state index >= 15 is 0 Å². The van der Waals surface area contributed by atoms with Crippen LogP contribution in [0, 0.1) is 5.92 Å². The zero-order valence-corrected chi connectivity index (χ0v) is 15.3. The van der Waals surface area contributed by atoms with Gasteiger partial charge in [0.15, 0.2) is 0 Å². The van der Waals surface area contributed by atoms with Gasteiger partial charge in [-0.05, 0) is 54.1 Å². The molecule has 2 aliphatic rings. The Morgan fingerprint density at radius 1 is 1.24 bits per heavy atom. The molecule has 2 nitrogen and oxygen atoms in total. The minimum Gasteiger partial charge on any atom is -0.508 e. The normalized spacial score (nSPS) is 28.9. The van der Waals surface area contributed by atoms with Crippen LogP contribution >= 0.6 is 11.6 Å². The third kappa shape index (κ3) is 2.59. The van der Waals surface area contributed by atoms with Crippen molar-refractivity contribution in [1.82, 2.24) is 4.90 Å². The van der Waals surface area contributed by atoms with Crippen LogP contribution in [0.3, 0.4) is 0 Å². The fourth-order valence-electron chi connectivity index (χ4n) is 5.13. The van der Waals surface area contributed by atoms with Crippen LogP contribution in [0.4, 0.5) is 0 Å². The number of likely N-dealkylation sites (tertiary alicyclic amines) is 1. The molecule has 0 radical (unpaired) electrons. The summed E-state index contributed by atoms with van der Waals surface area (Å²) in [5.41, 5.74) is 5.64. The van der Waals surface area contributed by atoms with Crippen molar-refractivity contribution in [2.24, 2.45) is 5.92 Å². The largest absolute Gasteiger partial charge is 0.508 e. The van der Waals surface area contributed by atoms with Gasteiger partial charge in [0.05, 0.1) is 0 Å². The number of halogens is 1. The minimum absolute atomic E-state index is 0.0283. The lowest BCUT2D eigenvalue weighted by atomic mass is 9.55. The Bertz CT molecular complexity index is 788. The number of rotatable bonds is 3. The van der Waals surface area contributed by atoms with Crippen LogP contribution < -0.4 is 0 Å². The van der Waals surface area contributed by atoms with E-state index in [0.717, 1.165) is 25.9 Å². The molecule has 130 valence electrons. The number of phenolic OH excluding ortho intramolecular Hbond substituents is 1. The summed E-state index contributed by atoms with van der Waals surface area (Å²) in [6.45, 7) is 4.32. The van der Waals surface area contributed by atoms with Gasteiger partial charge in [0.1, 0.15) is 5.75 Å². The quantitative estimate of drug-likeness (QED) is 0.864. The first-order valence-corrected chi connectivity index (χ1v) is 9.47. The molecule has 0 spiro atoms. The number of piperidine rings is 1. The molecule has 0 amide bonds. The van der Waals surface area contributed by atoms with Crippen molar-refractivity contribution < 1.29 is 5.11 Å². The van der Waals surface area contributed by atoms with E-state index in [2.05, 4.69) is 48.2 Å². The van der Waals surface area contributed by atoms with E-state index in [4.69, 9.17) is 11.6 Å². The highest BCUT2D eigenvalue weighted by atomic mass is 35.5. The number of nitrogens with zero attached hydrogens (tertiary/aromatic N) is 1. The number of hydrogen-bond donors (Lipinski definition) is 1. The molecule has 2 aromatic rings. The summed E-state index contributed by atoms with van der Waals surface area (Å²) in [6, 6.07) is 17.3. The molecule has 2 aromatic carbocycles. The van der Waals surface area contributed by atoms with Crippen molar-refractivity contribution in [1.29, 1.82) is 0 Å². The molecule has 1 N–H and O–H groups in total. The van der Waals surface area contributed by atoms with Crippen LogP contribution in [-0.4, -0.2) is 29.1 Å². The Morgan fingerprint density at radius 2 is 2.04 bits per heavy atom. The highest BCUT2D eigenvalue weighted by Gasteiger charge is 2.51. The smallest absolute Gasteiger partial charge is 0.115 e. The van der Waals surface area contributed by atoms with Gasteiger partial charge in [-0.3, -0.25) is 4.90 Å². The van der Waals surface area contributed by atoms with E-state index in [1.165, 1.54) is 16.7 Å². The monoisotopic (exact) mass is 353 g/mol. The molecule has 1 aliphatic heterocycles. The maximum atomic E-state index is 10.2. The zero-order valence-electron chi connectivity index (χ0n) is 14.5. The highest BCUT2D eigenvalue weighted by molar-refractivity contribution is 6.25. The summed E-state index contributed by atoms with van der Waals surface area (Å²) in [6.07, 6.45) is 4.12. The van der Waals surface area contributed by atoms with Crippen LogP contribution in [0.1, 0.15) is 30.0 Å². The average molecular weight is 354 g/mol. The number of aromatic hydroxyl groups is 1. The summed E-state index contributed by atoms with van der Waals surface area (Å²) >= 11 is 5.78. The second kappa shape index (κ2) is 6.51. The second-order valence-corrected chi connectivity index (χ2v) is 7.60. The van der Waals surface area contributed by atoms with Gasteiger partial charge in [-0.15, -0.1) is 0 Å². The van der Waals surface area contributed by atoms with Crippen molar-refractivity contribution in [2.75, 3.05) is 13.1 Å². The molecule has 2 bridgehead atoms. The lowest BCUT2D eigenvalue weighted by Crippen LogP contribution is -2.59. The van der Waals surface area contributed by atoms with Gasteiger partial charge in [-0.1, -0.05) is 61.0 Å². The summed E-state index contributed by atoms with van der Waals surface area (Å²) in [7, 11) is 0. The first-order valence-electron chi connectivity index (χ1n) is 9.04. The SMILES string of the molecule is CC1C2Cc3ccc(O)cc3C1(c1ccccc1)CCN2C/C=C/Cl. The van der Waals surface area contributed by atoms with Crippen LogP contribution in [-0.2, 0) is 11.8 Å². The molecular weight excluding hydrogens is 330 g/mol. The number of hydrogen-bond acceptors (Lipinski definition) is 2. The van der Waals surface area contributed by atoms with E-state index in [0.29, 0.717) is 17.7 Å². The molecular formula is C22H24ClNO. The van der Waals surface area contributed by atoms with Gasteiger partial charge in [0.25, 0.3) is 0 Å². The number of benzene rings is 2. The number of fused-ring (bicyclic) bond motifs is 4. The van der Waals surface area contributed by atoms with Crippen LogP contribution in [0.2, 0.25) is 0 Å². The molecule has 25 heavy (non-hydrogen) atoms. The Balaban J connectivity index is 1.88.